The van der Waals surface area contributed by atoms with Crippen LogP contribution in [0.2, 0.25) is 0 Å². The largest absolute Gasteiger partial charge is 0.285 e. The second-order valence-electron chi connectivity index (χ2n) is 3.41. The van der Waals surface area contributed by atoms with Crippen LogP contribution in [0.1, 0.15) is 32.6 Å². The van der Waals surface area contributed by atoms with Gasteiger partial charge in [-0.1, -0.05) is 19.8 Å². The fraction of sp³-hybridized carbons (Fsp3) is 1.00. The highest BCUT2D eigenvalue weighted by Gasteiger charge is 2.28. The van der Waals surface area contributed by atoms with Gasteiger partial charge < -0.3 is 0 Å². The first kappa shape index (κ1) is 9.00. The molecule has 0 amide bonds. The van der Waals surface area contributed by atoms with Crippen LogP contribution in [0.4, 0.5) is 0 Å². The van der Waals surface area contributed by atoms with Gasteiger partial charge in [-0.05, 0) is 18.8 Å². The van der Waals surface area contributed by atoms with Gasteiger partial charge in [0.05, 0.1) is 5.25 Å². The summed E-state index contributed by atoms with van der Waals surface area (Å²) in [4.78, 5) is 0. The molecule has 0 heterocycles. The molecule has 0 bridgehead atoms. The average molecular weight is 178 g/mol. The molecule has 1 aliphatic carbocycles. The molecule has 3 nitrogen and oxygen atoms in total. The molecule has 0 aromatic heterocycles. The van der Waals surface area contributed by atoms with Gasteiger partial charge in [-0.2, -0.15) is 8.42 Å². The quantitative estimate of drug-likeness (QED) is 0.618. The van der Waals surface area contributed by atoms with Gasteiger partial charge in [0.1, 0.15) is 0 Å². The minimum Gasteiger partial charge on any atom is -0.285 e. The van der Waals surface area contributed by atoms with Gasteiger partial charge in [0, 0.05) is 0 Å². The third-order valence-electron chi connectivity index (χ3n) is 2.31. The molecule has 0 aromatic carbocycles. The first-order valence-electron chi connectivity index (χ1n) is 3.96. The van der Waals surface area contributed by atoms with Gasteiger partial charge in [0.2, 0.25) is 0 Å². The summed E-state index contributed by atoms with van der Waals surface area (Å²) in [6.07, 6.45) is 3.26. The maximum absolute atomic E-state index is 10.7. The van der Waals surface area contributed by atoms with Crippen LogP contribution in [0.3, 0.4) is 0 Å². The van der Waals surface area contributed by atoms with Crippen molar-refractivity contribution in [3.8, 4) is 0 Å². The highest BCUT2D eigenvalue weighted by molar-refractivity contribution is 7.86. The van der Waals surface area contributed by atoms with Crippen molar-refractivity contribution in [1.29, 1.82) is 0 Å². The van der Waals surface area contributed by atoms with Crippen molar-refractivity contribution < 1.29 is 13.0 Å². The molecule has 1 N–H and O–H groups in total. The Bertz CT molecular complexity index is 220. The summed E-state index contributed by atoms with van der Waals surface area (Å²) in [7, 11) is -3.76. The van der Waals surface area contributed by atoms with Crippen LogP contribution >= 0.6 is 0 Å². The Labute approximate surface area is 67.6 Å². The van der Waals surface area contributed by atoms with E-state index in [4.69, 9.17) is 4.55 Å². The highest BCUT2D eigenvalue weighted by atomic mass is 32.2. The summed E-state index contributed by atoms with van der Waals surface area (Å²) in [5.74, 6) is 0.440. The van der Waals surface area contributed by atoms with Crippen LogP contribution in [-0.4, -0.2) is 18.2 Å². The number of hydrogen-bond donors (Lipinski definition) is 1. The molecular weight excluding hydrogens is 164 g/mol. The first-order chi connectivity index (χ1) is 5.00. The molecule has 11 heavy (non-hydrogen) atoms. The van der Waals surface area contributed by atoms with E-state index in [-0.39, 0.29) is 0 Å². The number of rotatable bonds is 1. The molecule has 0 unspecified atom stereocenters. The Morgan fingerprint density at radius 2 is 2.00 bits per heavy atom. The van der Waals surface area contributed by atoms with Crippen LogP contribution in [0.25, 0.3) is 0 Å². The lowest BCUT2D eigenvalue weighted by Crippen LogP contribution is -2.26. The number of hydrogen-bond acceptors (Lipinski definition) is 2. The molecule has 1 fully saturated rings. The summed E-state index contributed by atoms with van der Waals surface area (Å²) in [5, 5.41) is -0.494. The second kappa shape index (κ2) is 3.11. The molecule has 66 valence electrons. The Balaban J connectivity index is 2.60. The van der Waals surface area contributed by atoms with Gasteiger partial charge in [-0.3, -0.25) is 4.55 Å². The third kappa shape index (κ3) is 2.45. The van der Waals surface area contributed by atoms with Crippen molar-refractivity contribution in [2.24, 2.45) is 5.92 Å². The molecular formula is C7H14O3S. The van der Waals surface area contributed by atoms with Crippen molar-refractivity contribution in [2.75, 3.05) is 0 Å². The van der Waals surface area contributed by atoms with E-state index in [0.29, 0.717) is 18.8 Å². The van der Waals surface area contributed by atoms with Gasteiger partial charge in [-0.15, -0.1) is 0 Å². The van der Waals surface area contributed by atoms with E-state index in [1.807, 2.05) is 6.92 Å². The molecule has 0 aliphatic heterocycles. The summed E-state index contributed by atoms with van der Waals surface area (Å²) in [5.41, 5.74) is 0. The Hall–Kier alpha value is -0.0900. The minimum atomic E-state index is -3.76. The summed E-state index contributed by atoms with van der Waals surface area (Å²) in [6.45, 7) is 2.03. The van der Waals surface area contributed by atoms with E-state index in [0.717, 1.165) is 12.8 Å². The molecule has 0 spiro atoms. The fourth-order valence-electron chi connectivity index (χ4n) is 1.65. The molecule has 1 rings (SSSR count). The lowest BCUT2D eigenvalue weighted by atomic mass is 9.91. The molecule has 0 aromatic rings. The van der Waals surface area contributed by atoms with Crippen LogP contribution in [0, 0.1) is 5.92 Å². The Morgan fingerprint density at radius 3 is 2.36 bits per heavy atom. The average Bonchev–Trinajstić information content (AvgIpc) is 1.86. The van der Waals surface area contributed by atoms with Crippen LogP contribution < -0.4 is 0 Å². The summed E-state index contributed by atoms with van der Waals surface area (Å²) in [6, 6.07) is 0. The van der Waals surface area contributed by atoms with E-state index < -0.39 is 15.4 Å². The predicted octanol–water partition coefficient (Wildman–Crippen LogP) is 1.45. The smallest absolute Gasteiger partial charge is 0.267 e. The van der Waals surface area contributed by atoms with E-state index in [1.54, 1.807) is 0 Å². The Kier molecular flexibility index (Phi) is 2.54. The molecule has 2 atom stereocenters. The lowest BCUT2D eigenvalue weighted by molar-refractivity contribution is 0.361. The summed E-state index contributed by atoms with van der Waals surface area (Å²) < 4.78 is 30.1. The molecule has 1 saturated carbocycles. The van der Waals surface area contributed by atoms with Crippen molar-refractivity contribution in [1.82, 2.24) is 0 Å². The van der Waals surface area contributed by atoms with Crippen LogP contribution in [0.5, 0.6) is 0 Å². The Morgan fingerprint density at radius 1 is 1.36 bits per heavy atom. The SMILES string of the molecule is C[C@H]1CCC[C@@H](S(=O)(=O)O)C1. The van der Waals surface area contributed by atoms with Crippen molar-refractivity contribution in [2.45, 2.75) is 37.9 Å². The maximum atomic E-state index is 10.7. The van der Waals surface area contributed by atoms with Crippen LogP contribution in [-0.2, 0) is 10.1 Å². The molecule has 4 heteroatoms. The lowest BCUT2D eigenvalue weighted by Gasteiger charge is -2.23. The molecule has 0 radical (unpaired) electrons. The van der Waals surface area contributed by atoms with Gasteiger partial charge in [-0.25, -0.2) is 0 Å². The van der Waals surface area contributed by atoms with Crippen molar-refractivity contribution in [3.05, 3.63) is 0 Å². The van der Waals surface area contributed by atoms with Gasteiger partial charge >= 0.3 is 0 Å². The maximum Gasteiger partial charge on any atom is 0.267 e. The fourth-order valence-corrected chi connectivity index (χ4v) is 2.69. The zero-order chi connectivity index (χ0) is 8.48. The van der Waals surface area contributed by atoms with Crippen molar-refractivity contribution in [3.63, 3.8) is 0 Å². The first-order valence-corrected chi connectivity index (χ1v) is 5.47. The minimum absolute atomic E-state index is 0.440. The molecule has 1 aliphatic rings. The van der Waals surface area contributed by atoms with Crippen LogP contribution in [0.15, 0.2) is 0 Å². The van der Waals surface area contributed by atoms with Gasteiger partial charge in [0.25, 0.3) is 10.1 Å². The summed E-state index contributed by atoms with van der Waals surface area (Å²) >= 11 is 0. The highest BCUT2D eigenvalue weighted by Crippen LogP contribution is 2.27. The van der Waals surface area contributed by atoms with E-state index in [1.165, 1.54) is 0 Å². The van der Waals surface area contributed by atoms with Gasteiger partial charge in [0.15, 0.2) is 0 Å². The van der Waals surface area contributed by atoms with E-state index in [9.17, 15) is 8.42 Å². The topological polar surface area (TPSA) is 54.4 Å². The van der Waals surface area contributed by atoms with E-state index >= 15 is 0 Å². The monoisotopic (exact) mass is 178 g/mol. The second-order valence-corrected chi connectivity index (χ2v) is 5.11. The standard InChI is InChI=1S/C7H14O3S/c1-6-3-2-4-7(5-6)11(8,9)10/h6-7H,2-5H2,1H3,(H,8,9,10)/t6-,7+/m0/s1. The zero-order valence-corrected chi connectivity index (χ0v) is 7.47. The zero-order valence-electron chi connectivity index (χ0n) is 6.66. The van der Waals surface area contributed by atoms with E-state index in [2.05, 4.69) is 0 Å². The normalized spacial score (nSPS) is 33.6. The van der Waals surface area contributed by atoms with Crippen molar-refractivity contribution >= 4 is 10.1 Å². The molecule has 0 saturated heterocycles. The third-order valence-corrected chi connectivity index (χ3v) is 3.58. The predicted molar refractivity (Wildman–Crippen MR) is 43.0 cm³/mol.